The quantitative estimate of drug-likeness (QED) is 0.841. The van der Waals surface area contributed by atoms with E-state index in [1.54, 1.807) is 11.3 Å². The molecular weight excluding hydrogens is 248 g/mol. The first kappa shape index (κ1) is 12.5. The molecule has 0 radical (unpaired) electrons. The van der Waals surface area contributed by atoms with Gasteiger partial charge in [0.2, 0.25) is 0 Å². The van der Waals surface area contributed by atoms with Crippen molar-refractivity contribution in [1.29, 1.82) is 0 Å². The Hall–Kier alpha value is -0.490. The molecule has 18 heavy (non-hydrogen) atoms. The lowest BCUT2D eigenvalue weighted by Gasteiger charge is -2.39. The lowest BCUT2D eigenvalue weighted by molar-refractivity contribution is -0.192. The Balaban J connectivity index is 1.61. The van der Waals surface area contributed by atoms with Gasteiger partial charge in [0, 0.05) is 30.1 Å². The first-order chi connectivity index (χ1) is 8.76. The fraction of sp³-hybridized carbons (Fsp3) is 0.769. The minimum absolute atomic E-state index is 0.355. The molecule has 0 N–H and O–H groups in total. The van der Waals surface area contributed by atoms with Gasteiger partial charge >= 0.3 is 0 Å². The fourth-order valence-electron chi connectivity index (χ4n) is 2.93. The van der Waals surface area contributed by atoms with E-state index >= 15 is 0 Å². The minimum atomic E-state index is -0.355. The average molecular weight is 268 g/mol. The Kier molecular flexibility index (Phi) is 3.66. The van der Waals surface area contributed by atoms with Gasteiger partial charge < -0.3 is 9.47 Å². The van der Waals surface area contributed by atoms with Crippen LogP contribution >= 0.6 is 11.3 Å². The third-order valence-electron chi connectivity index (χ3n) is 3.97. The van der Waals surface area contributed by atoms with Gasteiger partial charge in [0.15, 0.2) is 5.79 Å². The van der Waals surface area contributed by atoms with Crippen molar-refractivity contribution in [3.05, 3.63) is 16.6 Å². The maximum absolute atomic E-state index is 5.80. The molecule has 3 heterocycles. The summed E-state index contributed by atoms with van der Waals surface area (Å²) >= 11 is 1.73. The number of piperidine rings is 1. The largest absolute Gasteiger partial charge is 0.347 e. The van der Waals surface area contributed by atoms with Crippen LogP contribution in [0, 0.1) is 5.92 Å². The molecule has 1 aromatic heterocycles. The molecule has 1 aromatic rings. The van der Waals surface area contributed by atoms with Crippen LogP contribution in [-0.2, 0) is 16.0 Å². The van der Waals surface area contributed by atoms with Crippen molar-refractivity contribution in [3.63, 3.8) is 0 Å². The molecule has 4 nitrogen and oxygen atoms in total. The summed E-state index contributed by atoms with van der Waals surface area (Å²) in [6.45, 7) is 6.82. The Labute approximate surface area is 112 Å². The summed E-state index contributed by atoms with van der Waals surface area (Å²) in [6, 6.07) is 0. The Morgan fingerprint density at radius 1 is 1.50 bits per heavy atom. The molecule has 0 saturated carbocycles. The monoisotopic (exact) mass is 268 g/mol. The average Bonchev–Trinajstić information content (AvgIpc) is 3.02. The third-order valence-corrected chi connectivity index (χ3v) is 4.74. The zero-order valence-corrected chi connectivity index (χ0v) is 11.6. The van der Waals surface area contributed by atoms with Crippen LogP contribution in [0.1, 0.15) is 24.6 Å². The molecule has 2 fully saturated rings. The second kappa shape index (κ2) is 5.25. The highest BCUT2D eigenvalue weighted by atomic mass is 32.1. The highest BCUT2D eigenvalue weighted by Gasteiger charge is 2.41. The van der Waals surface area contributed by atoms with Gasteiger partial charge in [-0.25, -0.2) is 0 Å². The van der Waals surface area contributed by atoms with E-state index in [2.05, 4.69) is 16.8 Å². The Morgan fingerprint density at radius 2 is 2.33 bits per heavy atom. The second-order valence-corrected chi connectivity index (χ2v) is 6.23. The molecule has 0 spiro atoms. The summed E-state index contributed by atoms with van der Waals surface area (Å²) in [5.41, 5.74) is 1.90. The smallest absolute Gasteiger partial charge is 0.169 e. The Bertz CT molecular complexity index is 376. The highest BCUT2D eigenvalue weighted by Crippen LogP contribution is 2.34. The van der Waals surface area contributed by atoms with Crippen LogP contribution in [0.5, 0.6) is 0 Å². The van der Waals surface area contributed by atoms with Gasteiger partial charge in [-0.1, -0.05) is 0 Å². The molecule has 0 amide bonds. The number of likely N-dealkylation sites (tertiary alicyclic amines) is 1. The molecule has 0 aromatic carbocycles. The zero-order chi connectivity index (χ0) is 12.4. The van der Waals surface area contributed by atoms with Crippen molar-refractivity contribution in [3.8, 4) is 0 Å². The normalized spacial score (nSPS) is 28.6. The van der Waals surface area contributed by atoms with Crippen molar-refractivity contribution in [2.45, 2.75) is 32.1 Å². The van der Waals surface area contributed by atoms with Gasteiger partial charge in [0.25, 0.3) is 0 Å². The summed E-state index contributed by atoms with van der Waals surface area (Å²) in [6.07, 6.45) is 4.40. The van der Waals surface area contributed by atoms with E-state index in [0.29, 0.717) is 5.92 Å². The topological polar surface area (TPSA) is 34.6 Å². The van der Waals surface area contributed by atoms with Crippen LogP contribution in [0.3, 0.4) is 0 Å². The number of hydrogen-bond acceptors (Lipinski definition) is 5. The van der Waals surface area contributed by atoms with Crippen LogP contribution in [0.15, 0.2) is 11.7 Å². The number of thiazole rings is 1. The summed E-state index contributed by atoms with van der Waals surface area (Å²) in [4.78, 5) is 7.98. The third kappa shape index (κ3) is 2.59. The number of nitrogens with zero attached hydrogens (tertiary/aromatic N) is 2. The molecule has 0 bridgehead atoms. The summed E-state index contributed by atoms with van der Waals surface area (Å²) in [7, 11) is 0. The molecule has 2 aliphatic rings. The molecule has 0 unspecified atom stereocenters. The lowest BCUT2D eigenvalue weighted by atomic mass is 9.90. The predicted octanol–water partition coefficient (Wildman–Crippen LogP) is 2.12. The molecule has 2 aliphatic heterocycles. The van der Waals surface area contributed by atoms with E-state index in [1.165, 1.54) is 24.3 Å². The van der Waals surface area contributed by atoms with Crippen LogP contribution in [0.25, 0.3) is 0 Å². The van der Waals surface area contributed by atoms with Crippen LogP contribution in [-0.4, -0.2) is 42.0 Å². The van der Waals surface area contributed by atoms with Crippen molar-refractivity contribution < 1.29 is 9.47 Å². The first-order valence-corrected chi connectivity index (χ1v) is 7.52. The van der Waals surface area contributed by atoms with E-state index in [-0.39, 0.29) is 5.79 Å². The van der Waals surface area contributed by atoms with Crippen molar-refractivity contribution in [2.24, 2.45) is 5.92 Å². The number of rotatable bonds is 3. The Morgan fingerprint density at radius 3 is 3.06 bits per heavy atom. The molecular formula is C13H20N2O2S. The fourth-order valence-corrected chi connectivity index (χ4v) is 3.57. The van der Waals surface area contributed by atoms with E-state index < -0.39 is 0 Å². The lowest BCUT2D eigenvalue weighted by Crippen LogP contribution is -2.46. The SMILES string of the molecule is CC1([C@H]2CCCN(Cc3cncs3)C2)OCCO1. The molecule has 3 rings (SSSR count). The van der Waals surface area contributed by atoms with Gasteiger partial charge in [-0.05, 0) is 26.3 Å². The maximum atomic E-state index is 5.80. The standard InChI is InChI=1S/C13H20N2O2S/c1-13(16-5-6-17-13)11-3-2-4-15(8-11)9-12-7-14-10-18-12/h7,10-11H,2-6,8-9H2,1H3/t11-/m0/s1. The molecule has 100 valence electrons. The van der Waals surface area contributed by atoms with Crippen molar-refractivity contribution in [2.75, 3.05) is 26.3 Å². The van der Waals surface area contributed by atoms with E-state index in [1.807, 2.05) is 11.7 Å². The molecule has 2 saturated heterocycles. The van der Waals surface area contributed by atoms with E-state index in [9.17, 15) is 0 Å². The van der Waals surface area contributed by atoms with E-state index in [0.717, 1.165) is 26.3 Å². The molecule has 5 heteroatoms. The number of aromatic nitrogens is 1. The summed E-state index contributed by atoms with van der Waals surface area (Å²) in [5, 5.41) is 0. The minimum Gasteiger partial charge on any atom is -0.347 e. The summed E-state index contributed by atoms with van der Waals surface area (Å²) < 4.78 is 11.6. The van der Waals surface area contributed by atoms with Gasteiger partial charge in [-0.2, -0.15) is 0 Å². The molecule has 0 aliphatic carbocycles. The highest BCUT2D eigenvalue weighted by molar-refractivity contribution is 7.09. The van der Waals surface area contributed by atoms with Crippen molar-refractivity contribution >= 4 is 11.3 Å². The number of hydrogen-bond donors (Lipinski definition) is 0. The summed E-state index contributed by atoms with van der Waals surface area (Å²) in [5.74, 6) is 0.133. The van der Waals surface area contributed by atoms with Gasteiger partial charge in [-0.15, -0.1) is 11.3 Å². The predicted molar refractivity (Wildman–Crippen MR) is 70.4 cm³/mol. The second-order valence-electron chi connectivity index (χ2n) is 5.25. The first-order valence-electron chi connectivity index (χ1n) is 6.64. The van der Waals surface area contributed by atoms with Gasteiger partial charge in [0.1, 0.15) is 0 Å². The van der Waals surface area contributed by atoms with Crippen molar-refractivity contribution in [1.82, 2.24) is 9.88 Å². The zero-order valence-electron chi connectivity index (χ0n) is 10.8. The number of ether oxygens (including phenoxy) is 2. The van der Waals surface area contributed by atoms with Crippen LogP contribution in [0.4, 0.5) is 0 Å². The maximum Gasteiger partial charge on any atom is 0.169 e. The van der Waals surface area contributed by atoms with Gasteiger partial charge in [-0.3, -0.25) is 9.88 Å². The van der Waals surface area contributed by atoms with E-state index in [4.69, 9.17) is 9.47 Å². The van der Waals surface area contributed by atoms with Crippen LogP contribution in [0.2, 0.25) is 0 Å². The molecule has 1 atom stereocenters. The van der Waals surface area contributed by atoms with Crippen LogP contribution < -0.4 is 0 Å². The van der Waals surface area contributed by atoms with Gasteiger partial charge in [0.05, 0.1) is 18.7 Å².